The van der Waals surface area contributed by atoms with Crippen molar-refractivity contribution in [3.63, 3.8) is 0 Å². The van der Waals surface area contributed by atoms with Gasteiger partial charge in [0.2, 0.25) is 5.88 Å². The van der Waals surface area contributed by atoms with Gasteiger partial charge in [0, 0.05) is 17.2 Å². The second kappa shape index (κ2) is 8.10. The summed E-state index contributed by atoms with van der Waals surface area (Å²) in [7, 11) is 0. The molecule has 0 unspecified atom stereocenters. The first-order valence-electron chi connectivity index (χ1n) is 10.3. The molecule has 31 heavy (non-hydrogen) atoms. The van der Waals surface area contributed by atoms with Gasteiger partial charge in [-0.15, -0.1) is 0 Å². The van der Waals surface area contributed by atoms with Gasteiger partial charge in [0.05, 0.1) is 5.69 Å². The fraction of sp³-hybridized carbons (Fsp3) is 0.208. The lowest BCUT2D eigenvalue weighted by Crippen LogP contribution is -2.40. The third-order valence-corrected chi connectivity index (χ3v) is 5.45. The summed E-state index contributed by atoms with van der Waals surface area (Å²) in [4.78, 5) is 28.4. The highest BCUT2D eigenvalue weighted by Crippen LogP contribution is 2.38. The number of benzene rings is 2. The van der Waals surface area contributed by atoms with Crippen molar-refractivity contribution >= 4 is 17.7 Å². The van der Waals surface area contributed by atoms with E-state index in [9.17, 15) is 9.59 Å². The van der Waals surface area contributed by atoms with E-state index < -0.39 is 6.09 Å². The largest absolute Gasteiger partial charge is 0.466 e. The molecular formula is C24H21N3O4. The average Bonchev–Trinajstić information content (AvgIpc) is 2.76. The Bertz CT molecular complexity index is 1130. The van der Waals surface area contributed by atoms with Gasteiger partial charge in [0.25, 0.3) is 5.91 Å². The lowest BCUT2D eigenvalue weighted by atomic mass is 9.93. The van der Waals surface area contributed by atoms with Gasteiger partial charge in [0.1, 0.15) is 11.4 Å². The summed E-state index contributed by atoms with van der Waals surface area (Å²) in [5, 5.41) is 5.67. The van der Waals surface area contributed by atoms with Gasteiger partial charge in [0.15, 0.2) is 6.61 Å². The van der Waals surface area contributed by atoms with E-state index in [1.165, 1.54) is 0 Å². The maximum atomic E-state index is 12.0. The van der Waals surface area contributed by atoms with Crippen LogP contribution in [0.25, 0.3) is 22.4 Å². The normalized spacial score (nSPS) is 15.2. The van der Waals surface area contributed by atoms with E-state index in [0.717, 1.165) is 36.0 Å². The zero-order valence-electron chi connectivity index (χ0n) is 16.8. The highest BCUT2D eigenvalue weighted by molar-refractivity contribution is 5.97. The predicted molar refractivity (Wildman–Crippen MR) is 116 cm³/mol. The van der Waals surface area contributed by atoms with Crippen molar-refractivity contribution < 1.29 is 19.1 Å². The Kier molecular flexibility index (Phi) is 5.00. The number of carbonyl (C=O) groups excluding carboxylic acids is 2. The van der Waals surface area contributed by atoms with Gasteiger partial charge >= 0.3 is 6.09 Å². The number of nitrogens with one attached hydrogen (secondary N) is 2. The van der Waals surface area contributed by atoms with Gasteiger partial charge in [-0.3, -0.25) is 4.79 Å². The molecule has 2 N–H and O–H groups in total. The Hall–Kier alpha value is -3.87. The molecule has 156 valence electrons. The van der Waals surface area contributed by atoms with E-state index in [-0.39, 0.29) is 18.6 Å². The van der Waals surface area contributed by atoms with Crippen LogP contribution in [-0.2, 0) is 4.79 Å². The Morgan fingerprint density at radius 3 is 2.55 bits per heavy atom. The first kappa shape index (κ1) is 19.1. The second-order valence-electron chi connectivity index (χ2n) is 7.63. The third kappa shape index (κ3) is 4.07. The van der Waals surface area contributed by atoms with Gasteiger partial charge < -0.3 is 20.1 Å². The van der Waals surface area contributed by atoms with E-state index in [2.05, 4.69) is 15.6 Å². The first-order chi connectivity index (χ1) is 15.2. The number of carbonyl (C=O) groups is 2. The van der Waals surface area contributed by atoms with Crippen LogP contribution >= 0.6 is 0 Å². The summed E-state index contributed by atoms with van der Waals surface area (Å²) in [6.07, 6.45) is 2.72. The Balaban J connectivity index is 1.46. The summed E-state index contributed by atoms with van der Waals surface area (Å²) in [5.41, 5.74) is 3.93. The zero-order chi connectivity index (χ0) is 21.2. The van der Waals surface area contributed by atoms with Crippen molar-refractivity contribution in [3.8, 4) is 34.0 Å². The summed E-state index contributed by atoms with van der Waals surface area (Å²) in [5.74, 6) is 0.639. The number of hydrogen-bond donors (Lipinski definition) is 2. The highest BCUT2D eigenvalue weighted by Gasteiger charge is 2.22. The van der Waals surface area contributed by atoms with Crippen LogP contribution in [0.2, 0.25) is 0 Å². The van der Waals surface area contributed by atoms with E-state index in [1.807, 2.05) is 48.5 Å². The SMILES string of the molecule is O=C1COc2nc(-c3ccc(OC(=O)NC4CCC4)cc3)c(-c3ccccc3)cc2N1. The van der Waals surface area contributed by atoms with Crippen molar-refractivity contribution in [1.29, 1.82) is 0 Å². The van der Waals surface area contributed by atoms with Gasteiger partial charge in [-0.25, -0.2) is 9.78 Å². The fourth-order valence-corrected chi connectivity index (χ4v) is 3.61. The molecule has 1 saturated carbocycles. The third-order valence-electron chi connectivity index (χ3n) is 5.45. The standard InChI is InChI=1S/C24H21N3O4/c28-21-14-30-23-20(26-21)13-19(15-5-2-1-3-6-15)22(27-23)16-9-11-18(12-10-16)31-24(29)25-17-7-4-8-17/h1-3,5-6,9-13,17H,4,7-8,14H2,(H,25,29)(H,26,28). The Morgan fingerprint density at radius 2 is 1.84 bits per heavy atom. The summed E-state index contributed by atoms with van der Waals surface area (Å²) < 4.78 is 10.9. The number of anilines is 1. The molecule has 2 aromatic carbocycles. The molecule has 1 aliphatic heterocycles. The molecule has 0 bridgehead atoms. The number of ether oxygens (including phenoxy) is 2. The molecule has 1 aromatic heterocycles. The molecule has 1 aliphatic carbocycles. The molecule has 2 heterocycles. The number of pyridine rings is 1. The highest BCUT2D eigenvalue weighted by atomic mass is 16.6. The molecule has 0 saturated heterocycles. The number of rotatable bonds is 4. The molecule has 0 radical (unpaired) electrons. The van der Waals surface area contributed by atoms with Gasteiger partial charge in [-0.2, -0.15) is 0 Å². The summed E-state index contributed by atoms with van der Waals surface area (Å²) >= 11 is 0. The fourth-order valence-electron chi connectivity index (χ4n) is 3.61. The van der Waals surface area contributed by atoms with Crippen LogP contribution in [0.15, 0.2) is 60.7 Å². The lowest BCUT2D eigenvalue weighted by molar-refractivity contribution is -0.118. The number of nitrogens with zero attached hydrogens (tertiary/aromatic N) is 1. The quantitative estimate of drug-likeness (QED) is 0.660. The molecule has 2 amide bonds. The minimum atomic E-state index is -0.432. The summed E-state index contributed by atoms with van der Waals surface area (Å²) in [6.45, 7) is -0.0625. The van der Waals surface area contributed by atoms with Crippen molar-refractivity contribution in [2.24, 2.45) is 0 Å². The lowest BCUT2D eigenvalue weighted by Gasteiger charge is -2.25. The van der Waals surface area contributed by atoms with Crippen LogP contribution in [0.5, 0.6) is 11.6 Å². The smallest absolute Gasteiger partial charge is 0.412 e. The minimum absolute atomic E-state index is 0.0625. The molecular weight excluding hydrogens is 394 g/mol. The Labute approximate surface area is 179 Å². The molecule has 7 heteroatoms. The van der Waals surface area contributed by atoms with Crippen LogP contribution in [0, 0.1) is 0 Å². The van der Waals surface area contributed by atoms with Crippen LogP contribution in [0.1, 0.15) is 19.3 Å². The molecule has 3 aromatic rings. The molecule has 0 spiro atoms. The second-order valence-corrected chi connectivity index (χ2v) is 7.63. The Morgan fingerprint density at radius 1 is 1.06 bits per heavy atom. The minimum Gasteiger partial charge on any atom is -0.466 e. The van der Waals surface area contributed by atoms with Crippen molar-refractivity contribution in [1.82, 2.24) is 10.3 Å². The van der Waals surface area contributed by atoms with Crippen molar-refractivity contribution in [3.05, 3.63) is 60.7 Å². The van der Waals surface area contributed by atoms with Gasteiger partial charge in [-0.1, -0.05) is 30.3 Å². The van der Waals surface area contributed by atoms with Crippen molar-refractivity contribution in [2.45, 2.75) is 25.3 Å². The summed E-state index contributed by atoms with van der Waals surface area (Å²) in [6, 6.07) is 19.1. The van der Waals surface area contributed by atoms with E-state index in [0.29, 0.717) is 23.0 Å². The van der Waals surface area contributed by atoms with Crippen molar-refractivity contribution in [2.75, 3.05) is 11.9 Å². The zero-order valence-corrected chi connectivity index (χ0v) is 16.8. The number of fused-ring (bicyclic) bond motifs is 1. The van der Waals surface area contributed by atoms with E-state index in [1.54, 1.807) is 12.1 Å². The molecule has 0 atom stereocenters. The topological polar surface area (TPSA) is 89.6 Å². The predicted octanol–water partition coefficient (Wildman–Crippen LogP) is 4.39. The van der Waals surface area contributed by atoms with Crippen LogP contribution in [0.3, 0.4) is 0 Å². The monoisotopic (exact) mass is 415 g/mol. The number of hydrogen-bond acceptors (Lipinski definition) is 5. The molecule has 5 rings (SSSR count). The van der Waals surface area contributed by atoms with Crippen LogP contribution in [0.4, 0.5) is 10.5 Å². The van der Waals surface area contributed by atoms with E-state index in [4.69, 9.17) is 9.47 Å². The van der Waals surface area contributed by atoms with E-state index >= 15 is 0 Å². The van der Waals surface area contributed by atoms with Gasteiger partial charge in [-0.05, 0) is 55.2 Å². The van der Waals surface area contributed by atoms with Crippen LogP contribution in [-0.4, -0.2) is 29.6 Å². The molecule has 2 aliphatic rings. The number of amides is 2. The van der Waals surface area contributed by atoms with Crippen LogP contribution < -0.4 is 20.1 Å². The maximum absolute atomic E-state index is 12.0. The molecule has 7 nitrogen and oxygen atoms in total. The average molecular weight is 415 g/mol. The number of aromatic nitrogens is 1. The first-order valence-corrected chi connectivity index (χ1v) is 10.3. The maximum Gasteiger partial charge on any atom is 0.412 e. The molecule has 1 fully saturated rings.